The first-order valence-electron chi connectivity index (χ1n) is 12.3. The van der Waals surface area contributed by atoms with Gasteiger partial charge >= 0.3 is 0 Å². The summed E-state index contributed by atoms with van der Waals surface area (Å²) in [5.74, 6) is 0.780. The lowest BCUT2D eigenvalue weighted by atomic mass is 10.0. The lowest BCUT2D eigenvalue weighted by Gasteiger charge is -2.30. The van der Waals surface area contributed by atoms with Crippen molar-refractivity contribution in [1.29, 1.82) is 0 Å². The molecule has 2 saturated heterocycles. The number of rotatable bonds is 7. The smallest absolute Gasteiger partial charge is 0.243 e. The SMILES string of the molecule is Cc1cc(F)ccc1CSc1nc2cc(S(=O)(=O)N3CCCC(C)C3)ccc2n1CC1CCCO1. The summed E-state index contributed by atoms with van der Waals surface area (Å²) in [5.41, 5.74) is 3.54. The topological polar surface area (TPSA) is 64.4 Å². The third-order valence-electron chi connectivity index (χ3n) is 7.01. The largest absolute Gasteiger partial charge is 0.376 e. The monoisotopic (exact) mass is 517 g/mol. The fourth-order valence-electron chi connectivity index (χ4n) is 5.00. The number of hydrogen-bond acceptors (Lipinski definition) is 5. The zero-order valence-electron chi connectivity index (χ0n) is 20.2. The Labute approximate surface area is 210 Å². The van der Waals surface area contributed by atoms with Crippen molar-refractivity contribution < 1.29 is 17.5 Å². The van der Waals surface area contributed by atoms with E-state index in [1.54, 1.807) is 34.3 Å². The van der Waals surface area contributed by atoms with E-state index in [1.165, 1.54) is 6.07 Å². The highest BCUT2D eigenvalue weighted by Gasteiger charge is 2.29. The van der Waals surface area contributed by atoms with Crippen molar-refractivity contribution in [1.82, 2.24) is 13.9 Å². The van der Waals surface area contributed by atoms with E-state index in [0.29, 0.717) is 41.7 Å². The molecule has 0 spiro atoms. The highest BCUT2D eigenvalue weighted by Crippen LogP contribution is 2.32. The number of nitrogens with zero attached hydrogens (tertiary/aromatic N) is 3. The van der Waals surface area contributed by atoms with Crippen LogP contribution in [0.15, 0.2) is 46.5 Å². The molecular formula is C26H32FN3O3S2. The second kappa shape index (κ2) is 10.2. The van der Waals surface area contributed by atoms with Gasteiger partial charge in [0.1, 0.15) is 5.82 Å². The first kappa shape index (κ1) is 24.7. The Morgan fingerprint density at radius 1 is 1.17 bits per heavy atom. The van der Waals surface area contributed by atoms with Crippen molar-refractivity contribution in [2.45, 2.75) is 68.0 Å². The number of aromatic nitrogens is 2. The fraction of sp³-hybridized carbons (Fsp3) is 0.500. The van der Waals surface area contributed by atoms with Gasteiger partial charge in [0.25, 0.3) is 0 Å². The molecule has 0 N–H and O–H groups in total. The minimum atomic E-state index is -3.56. The molecule has 0 bridgehead atoms. The number of piperidine rings is 1. The molecule has 0 amide bonds. The highest BCUT2D eigenvalue weighted by molar-refractivity contribution is 7.98. The molecule has 3 aromatic rings. The van der Waals surface area contributed by atoms with E-state index in [4.69, 9.17) is 9.72 Å². The maximum Gasteiger partial charge on any atom is 0.243 e. The molecule has 1 aromatic heterocycles. The van der Waals surface area contributed by atoms with Gasteiger partial charge in [-0.05, 0) is 80.0 Å². The van der Waals surface area contributed by atoms with Crippen molar-refractivity contribution in [3.05, 3.63) is 53.3 Å². The number of aryl methyl sites for hydroxylation is 1. The van der Waals surface area contributed by atoms with Crippen molar-refractivity contribution in [2.75, 3.05) is 19.7 Å². The van der Waals surface area contributed by atoms with Gasteiger partial charge in [-0.2, -0.15) is 4.31 Å². The van der Waals surface area contributed by atoms with Gasteiger partial charge in [-0.3, -0.25) is 0 Å². The minimum Gasteiger partial charge on any atom is -0.376 e. The van der Waals surface area contributed by atoms with Crippen LogP contribution in [-0.4, -0.2) is 48.1 Å². The molecule has 2 aliphatic rings. The molecule has 3 heterocycles. The summed E-state index contributed by atoms with van der Waals surface area (Å²) in [6, 6.07) is 10.1. The first-order chi connectivity index (χ1) is 16.8. The van der Waals surface area contributed by atoms with Crippen LogP contribution in [0.2, 0.25) is 0 Å². The van der Waals surface area contributed by atoms with Crippen LogP contribution in [-0.2, 0) is 27.1 Å². The van der Waals surface area contributed by atoms with Crippen molar-refractivity contribution >= 4 is 32.8 Å². The quantitative estimate of drug-likeness (QED) is 0.394. The van der Waals surface area contributed by atoms with Gasteiger partial charge in [-0.25, -0.2) is 17.8 Å². The van der Waals surface area contributed by atoms with Crippen LogP contribution in [0.1, 0.15) is 43.7 Å². The number of imidazole rings is 1. The average Bonchev–Trinajstić information content (AvgIpc) is 3.46. The van der Waals surface area contributed by atoms with E-state index in [-0.39, 0.29) is 11.9 Å². The zero-order chi connectivity index (χ0) is 24.6. The van der Waals surface area contributed by atoms with Crippen LogP contribution in [0.5, 0.6) is 0 Å². The van der Waals surface area contributed by atoms with Gasteiger partial charge in [-0.1, -0.05) is 24.8 Å². The normalized spacial score (nSPS) is 21.7. The third-order valence-corrected chi connectivity index (χ3v) is 9.90. The number of hydrogen-bond donors (Lipinski definition) is 0. The molecule has 35 heavy (non-hydrogen) atoms. The highest BCUT2D eigenvalue weighted by atomic mass is 32.2. The molecule has 2 unspecified atom stereocenters. The Balaban J connectivity index is 1.47. The second-order valence-corrected chi connectivity index (χ2v) is 12.6. The molecule has 2 aliphatic heterocycles. The molecule has 188 valence electrons. The van der Waals surface area contributed by atoms with Crippen LogP contribution >= 0.6 is 11.8 Å². The zero-order valence-corrected chi connectivity index (χ0v) is 21.9. The predicted octanol–water partition coefficient (Wildman–Crippen LogP) is 5.38. The van der Waals surface area contributed by atoms with Crippen LogP contribution in [0.4, 0.5) is 4.39 Å². The van der Waals surface area contributed by atoms with Crippen molar-refractivity contribution in [3.8, 4) is 0 Å². The molecule has 0 saturated carbocycles. The number of ether oxygens (including phenoxy) is 1. The summed E-state index contributed by atoms with van der Waals surface area (Å²) in [6.07, 6.45) is 4.12. The third kappa shape index (κ3) is 5.28. The van der Waals surface area contributed by atoms with Gasteiger partial charge in [0.15, 0.2) is 5.16 Å². The number of benzene rings is 2. The van der Waals surface area contributed by atoms with Crippen molar-refractivity contribution in [3.63, 3.8) is 0 Å². The van der Waals surface area contributed by atoms with Gasteiger partial charge in [0, 0.05) is 25.4 Å². The van der Waals surface area contributed by atoms with Crippen LogP contribution < -0.4 is 0 Å². The van der Waals surface area contributed by atoms with Crippen molar-refractivity contribution in [2.24, 2.45) is 5.92 Å². The minimum absolute atomic E-state index is 0.123. The van der Waals surface area contributed by atoms with Gasteiger partial charge in [0.05, 0.1) is 28.6 Å². The van der Waals surface area contributed by atoms with E-state index in [9.17, 15) is 12.8 Å². The standard InChI is InChI=1S/C26H32FN3O3S2/c1-18-5-3-11-29(15-18)35(31,32)23-9-10-25-24(14-23)28-26(30(25)16-22-6-4-12-33-22)34-17-20-7-8-21(27)13-19(20)2/h7-10,13-14,18,22H,3-6,11-12,15-17H2,1-2H3. The molecular weight excluding hydrogens is 485 g/mol. The second-order valence-electron chi connectivity index (χ2n) is 9.76. The summed E-state index contributed by atoms with van der Waals surface area (Å²) < 4.78 is 49.9. The van der Waals surface area contributed by atoms with Gasteiger partial charge < -0.3 is 9.30 Å². The Kier molecular flexibility index (Phi) is 7.21. The van der Waals surface area contributed by atoms with E-state index < -0.39 is 10.0 Å². The van der Waals surface area contributed by atoms with Gasteiger partial charge in [0.2, 0.25) is 10.0 Å². The summed E-state index contributed by atoms with van der Waals surface area (Å²) in [6.45, 7) is 6.58. The number of halogens is 1. The van der Waals surface area contributed by atoms with Gasteiger partial charge in [-0.15, -0.1) is 0 Å². The Morgan fingerprint density at radius 2 is 2.03 bits per heavy atom. The van der Waals surface area contributed by atoms with Crippen LogP contribution in [0.3, 0.4) is 0 Å². The average molecular weight is 518 g/mol. The molecule has 2 aromatic carbocycles. The van der Waals surface area contributed by atoms with E-state index >= 15 is 0 Å². The lowest BCUT2D eigenvalue weighted by Crippen LogP contribution is -2.39. The van der Waals surface area contributed by atoms with Crippen LogP contribution in [0, 0.1) is 18.7 Å². The molecule has 0 radical (unpaired) electrons. The number of sulfonamides is 1. The molecule has 9 heteroatoms. The Bertz CT molecular complexity index is 1320. The maximum absolute atomic E-state index is 13.5. The Morgan fingerprint density at radius 3 is 2.77 bits per heavy atom. The Hall–Kier alpha value is -1.94. The van der Waals surface area contributed by atoms with E-state index in [2.05, 4.69) is 11.5 Å². The predicted molar refractivity (Wildman–Crippen MR) is 137 cm³/mol. The summed E-state index contributed by atoms with van der Waals surface area (Å²) >= 11 is 1.58. The number of thioether (sulfide) groups is 1. The maximum atomic E-state index is 13.5. The van der Waals surface area contributed by atoms with E-state index in [1.807, 2.05) is 19.1 Å². The summed E-state index contributed by atoms with van der Waals surface area (Å²) in [4.78, 5) is 5.16. The lowest BCUT2D eigenvalue weighted by molar-refractivity contribution is 0.0960. The van der Waals surface area contributed by atoms with Crippen LogP contribution in [0.25, 0.3) is 11.0 Å². The molecule has 2 fully saturated rings. The molecule has 0 aliphatic carbocycles. The summed E-state index contributed by atoms with van der Waals surface area (Å²) in [7, 11) is -3.56. The number of fused-ring (bicyclic) bond motifs is 1. The molecule has 6 nitrogen and oxygen atoms in total. The summed E-state index contributed by atoms with van der Waals surface area (Å²) in [5, 5.41) is 0.820. The molecule has 2 atom stereocenters. The fourth-order valence-corrected chi connectivity index (χ4v) is 7.72. The van der Waals surface area contributed by atoms with E-state index in [0.717, 1.165) is 54.1 Å². The molecule has 5 rings (SSSR count). The first-order valence-corrected chi connectivity index (χ1v) is 14.7.